The minimum Gasteiger partial charge on any atom is -0.497 e. The van der Waals surface area contributed by atoms with Crippen LogP contribution < -0.4 is 29.6 Å². The third-order valence-corrected chi connectivity index (χ3v) is 6.06. The number of benzene rings is 4. The number of methoxy groups -OCH3 is 4. The van der Waals surface area contributed by atoms with Crippen molar-refractivity contribution in [3.63, 3.8) is 0 Å². The highest BCUT2D eigenvalue weighted by atomic mass is 16.5. The smallest absolute Gasteiger partial charge is 0.255 e. The van der Waals surface area contributed by atoms with E-state index in [1.54, 1.807) is 64.8 Å². The number of carbonyl (C=O) groups excluding carboxylic acids is 2. The molecule has 8 nitrogen and oxygen atoms in total. The van der Waals surface area contributed by atoms with Gasteiger partial charge >= 0.3 is 0 Å². The summed E-state index contributed by atoms with van der Waals surface area (Å²) < 4.78 is 21.0. The lowest BCUT2D eigenvalue weighted by Crippen LogP contribution is -2.12. The molecule has 2 N–H and O–H groups in total. The third-order valence-electron chi connectivity index (χ3n) is 6.06. The molecule has 0 bridgehead atoms. The van der Waals surface area contributed by atoms with Gasteiger partial charge in [0.2, 0.25) is 0 Å². The van der Waals surface area contributed by atoms with E-state index in [0.29, 0.717) is 51.9 Å². The Morgan fingerprint density at radius 1 is 0.513 bits per heavy atom. The van der Waals surface area contributed by atoms with Gasteiger partial charge in [0.15, 0.2) is 0 Å². The molecule has 0 aromatic heterocycles. The van der Waals surface area contributed by atoms with Crippen molar-refractivity contribution < 1.29 is 28.5 Å². The van der Waals surface area contributed by atoms with Crippen LogP contribution in [0, 0.1) is 0 Å². The van der Waals surface area contributed by atoms with Crippen LogP contribution in [0.1, 0.15) is 31.8 Å². The van der Waals surface area contributed by atoms with Gasteiger partial charge in [0.25, 0.3) is 11.8 Å². The molecule has 2 amide bonds. The van der Waals surface area contributed by atoms with Crippen LogP contribution in [0.25, 0.3) is 0 Å². The average Bonchev–Trinajstić information content (AvgIpc) is 2.98. The fourth-order valence-electron chi connectivity index (χ4n) is 3.93. The van der Waals surface area contributed by atoms with Crippen LogP contribution in [0.4, 0.5) is 11.4 Å². The predicted molar refractivity (Wildman–Crippen MR) is 151 cm³/mol. The molecule has 4 aromatic carbocycles. The van der Waals surface area contributed by atoms with Gasteiger partial charge in [-0.15, -0.1) is 0 Å². The molecule has 0 radical (unpaired) electrons. The van der Waals surface area contributed by atoms with Crippen molar-refractivity contribution >= 4 is 23.2 Å². The lowest BCUT2D eigenvalue weighted by Gasteiger charge is -2.11. The summed E-state index contributed by atoms with van der Waals surface area (Å²) in [6, 6.07) is 25.4. The van der Waals surface area contributed by atoms with Crippen LogP contribution in [-0.4, -0.2) is 40.3 Å². The van der Waals surface area contributed by atoms with E-state index < -0.39 is 0 Å². The van der Waals surface area contributed by atoms with Crippen LogP contribution in [0.15, 0.2) is 84.9 Å². The summed E-state index contributed by atoms with van der Waals surface area (Å²) in [7, 11) is 6.16. The molecule has 0 aliphatic rings. The molecular formula is C31H30N2O6. The first-order chi connectivity index (χ1) is 18.9. The summed E-state index contributed by atoms with van der Waals surface area (Å²) in [5, 5.41) is 5.80. The Balaban J connectivity index is 1.36. The van der Waals surface area contributed by atoms with E-state index >= 15 is 0 Å². The van der Waals surface area contributed by atoms with E-state index in [0.717, 1.165) is 11.1 Å². The average molecular weight is 527 g/mol. The highest BCUT2D eigenvalue weighted by Crippen LogP contribution is 2.25. The zero-order valence-corrected chi connectivity index (χ0v) is 22.2. The largest absolute Gasteiger partial charge is 0.497 e. The maximum absolute atomic E-state index is 12.7. The van der Waals surface area contributed by atoms with Crippen LogP contribution in [0.3, 0.4) is 0 Å². The van der Waals surface area contributed by atoms with Crippen molar-refractivity contribution in [3.05, 3.63) is 107 Å². The van der Waals surface area contributed by atoms with Gasteiger partial charge in [0.05, 0.1) is 28.4 Å². The fourth-order valence-corrected chi connectivity index (χ4v) is 3.93. The predicted octanol–water partition coefficient (Wildman–Crippen LogP) is 5.82. The first-order valence-electron chi connectivity index (χ1n) is 12.2. The lowest BCUT2D eigenvalue weighted by atomic mass is 10.0. The number of rotatable bonds is 10. The van der Waals surface area contributed by atoms with Crippen LogP contribution in [-0.2, 0) is 6.42 Å². The second kappa shape index (κ2) is 12.5. The summed E-state index contributed by atoms with van der Waals surface area (Å²) in [5.41, 5.74) is 4.39. The zero-order valence-electron chi connectivity index (χ0n) is 22.2. The minimum absolute atomic E-state index is 0.259. The number of hydrogen-bond acceptors (Lipinski definition) is 6. The molecular weight excluding hydrogens is 496 g/mol. The Hall–Kier alpha value is -4.98. The van der Waals surface area contributed by atoms with E-state index in [1.807, 2.05) is 48.5 Å². The number of ether oxygens (including phenoxy) is 4. The van der Waals surface area contributed by atoms with E-state index in [1.165, 1.54) is 0 Å². The van der Waals surface area contributed by atoms with Crippen molar-refractivity contribution in [3.8, 4) is 23.0 Å². The maximum atomic E-state index is 12.7. The molecule has 0 spiro atoms. The molecule has 4 rings (SSSR count). The quantitative estimate of drug-likeness (QED) is 0.271. The fraction of sp³-hybridized carbons (Fsp3) is 0.161. The molecule has 4 aromatic rings. The molecule has 0 aliphatic heterocycles. The summed E-state index contributed by atoms with van der Waals surface area (Å²) >= 11 is 0. The molecule has 0 heterocycles. The molecule has 8 heteroatoms. The van der Waals surface area contributed by atoms with Gasteiger partial charge in [-0.05, 0) is 66.1 Å². The molecule has 0 atom stereocenters. The zero-order chi connectivity index (χ0) is 27.8. The molecule has 0 saturated carbocycles. The third kappa shape index (κ3) is 7.07. The Morgan fingerprint density at radius 2 is 0.821 bits per heavy atom. The molecule has 39 heavy (non-hydrogen) atoms. The van der Waals surface area contributed by atoms with E-state index in [4.69, 9.17) is 18.9 Å². The molecule has 0 unspecified atom stereocenters. The minimum atomic E-state index is -0.259. The van der Waals surface area contributed by atoms with Gasteiger partial charge in [0.1, 0.15) is 23.0 Å². The van der Waals surface area contributed by atoms with Gasteiger partial charge in [-0.3, -0.25) is 9.59 Å². The van der Waals surface area contributed by atoms with Crippen molar-refractivity contribution in [1.82, 2.24) is 0 Å². The molecule has 0 saturated heterocycles. The first-order valence-corrected chi connectivity index (χ1v) is 12.2. The second-order valence-corrected chi connectivity index (χ2v) is 8.68. The Labute approximate surface area is 227 Å². The Morgan fingerprint density at radius 3 is 1.10 bits per heavy atom. The molecule has 200 valence electrons. The van der Waals surface area contributed by atoms with E-state index in [-0.39, 0.29) is 11.8 Å². The summed E-state index contributed by atoms with van der Waals surface area (Å²) in [6.07, 6.45) is 0.697. The standard InChI is InChI=1S/C31H30N2O6/c1-36-26-14-22(15-27(18-26)37-2)30(34)32-24-9-5-20(6-10-24)13-21-7-11-25(12-8-21)33-31(35)23-16-28(38-3)19-29(17-23)39-4/h5-12,14-19H,13H2,1-4H3,(H,32,34)(H,33,35). The SMILES string of the molecule is COc1cc(OC)cc(C(=O)Nc2ccc(Cc3ccc(NC(=O)c4cc(OC)cc(OC)c4)cc3)cc2)c1. The highest BCUT2D eigenvalue weighted by Gasteiger charge is 2.12. The lowest BCUT2D eigenvalue weighted by molar-refractivity contribution is 0.101. The normalized spacial score (nSPS) is 10.4. The number of nitrogens with one attached hydrogen (secondary N) is 2. The monoisotopic (exact) mass is 526 g/mol. The Bertz CT molecular complexity index is 1290. The van der Waals surface area contributed by atoms with E-state index in [9.17, 15) is 9.59 Å². The molecule has 0 aliphatic carbocycles. The summed E-state index contributed by atoms with van der Waals surface area (Å²) in [4.78, 5) is 25.4. The first kappa shape index (κ1) is 27.1. The van der Waals surface area contributed by atoms with Gasteiger partial charge in [-0.2, -0.15) is 0 Å². The number of anilines is 2. The van der Waals surface area contributed by atoms with Gasteiger partial charge in [-0.25, -0.2) is 0 Å². The van der Waals surface area contributed by atoms with Crippen molar-refractivity contribution in [1.29, 1.82) is 0 Å². The van der Waals surface area contributed by atoms with Crippen molar-refractivity contribution in [2.24, 2.45) is 0 Å². The van der Waals surface area contributed by atoms with E-state index in [2.05, 4.69) is 10.6 Å². The second-order valence-electron chi connectivity index (χ2n) is 8.68. The van der Waals surface area contributed by atoms with Crippen molar-refractivity contribution in [2.75, 3.05) is 39.1 Å². The van der Waals surface area contributed by atoms with Crippen LogP contribution >= 0.6 is 0 Å². The summed E-state index contributed by atoms with van der Waals surface area (Å²) in [5.74, 6) is 1.65. The van der Waals surface area contributed by atoms with Crippen LogP contribution in [0.2, 0.25) is 0 Å². The highest BCUT2D eigenvalue weighted by molar-refractivity contribution is 6.05. The van der Waals surface area contributed by atoms with Gasteiger partial charge < -0.3 is 29.6 Å². The number of carbonyl (C=O) groups is 2. The van der Waals surface area contributed by atoms with Gasteiger partial charge in [-0.1, -0.05) is 24.3 Å². The van der Waals surface area contributed by atoms with Crippen LogP contribution in [0.5, 0.6) is 23.0 Å². The topological polar surface area (TPSA) is 95.1 Å². The number of amides is 2. The molecule has 0 fully saturated rings. The Kier molecular flexibility index (Phi) is 8.68. The number of hydrogen-bond donors (Lipinski definition) is 2. The van der Waals surface area contributed by atoms with Gasteiger partial charge in [0, 0.05) is 34.6 Å². The maximum Gasteiger partial charge on any atom is 0.255 e. The summed E-state index contributed by atoms with van der Waals surface area (Å²) in [6.45, 7) is 0. The van der Waals surface area contributed by atoms with Crippen molar-refractivity contribution in [2.45, 2.75) is 6.42 Å².